The Labute approximate surface area is 127 Å². The number of rotatable bonds is 5. The van der Waals surface area contributed by atoms with Gasteiger partial charge >= 0.3 is 6.03 Å². The van der Waals surface area contributed by atoms with Crippen LogP contribution in [0.2, 0.25) is 0 Å². The number of thiophene rings is 1. The number of primary amides is 1. The molecule has 0 radical (unpaired) electrons. The Kier molecular flexibility index (Phi) is 5.08. The second-order valence-corrected chi connectivity index (χ2v) is 5.82. The third-order valence-corrected chi connectivity index (χ3v) is 4.01. The van der Waals surface area contributed by atoms with E-state index in [2.05, 4.69) is 11.1 Å². The van der Waals surface area contributed by atoms with E-state index >= 15 is 0 Å². The van der Waals surface area contributed by atoms with E-state index in [4.69, 9.17) is 5.73 Å². The Morgan fingerprint density at radius 3 is 2.81 bits per heavy atom. The highest BCUT2D eigenvalue weighted by Gasteiger charge is 2.11. The summed E-state index contributed by atoms with van der Waals surface area (Å²) in [4.78, 5) is 17.1. The third-order valence-electron chi connectivity index (χ3n) is 2.96. The van der Waals surface area contributed by atoms with Crippen molar-refractivity contribution in [3.05, 3.63) is 58.1 Å². The molecule has 0 aliphatic heterocycles. The van der Waals surface area contributed by atoms with Gasteiger partial charge in [-0.15, -0.1) is 11.3 Å². The van der Waals surface area contributed by atoms with Crippen molar-refractivity contribution in [1.82, 2.24) is 10.0 Å². The summed E-state index contributed by atoms with van der Waals surface area (Å²) in [6, 6.07) is 6.74. The minimum absolute atomic E-state index is 0.465. The average molecular weight is 303 g/mol. The monoisotopic (exact) mass is 303 g/mol. The van der Waals surface area contributed by atoms with E-state index in [1.165, 1.54) is 10.4 Å². The van der Waals surface area contributed by atoms with Crippen LogP contribution in [-0.2, 0) is 6.42 Å². The number of nitrogens with two attached hydrogens (primary N) is 1. The standard InChI is InChI=1S/C15H17N3O2S/c1-11(18(20)15(16)19)2-3-13-4-5-14(21-13)10-12-6-8-17-9-7-12/h2-9,11,20H,10H2,1H3,(H2,16,19)/t11-/m1/s1. The summed E-state index contributed by atoms with van der Waals surface area (Å²) in [5.74, 6) is 0. The van der Waals surface area contributed by atoms with Crippen molar-refractivity contribution in [3.8, 4) is 0 Å². The lowest BCUT2D eigenvalue weighted by Gasteiger charge is -2.16. The first-order valence-electron chi connectivity index (χ1n) is 6.49. The first-order chi connectivity index (χ1) is 10.1. The molecular formula is C15H17N3O2S. The number of hydrogen-bond acceptors (Lipinski definition) is 4. The molecule has 2 aromatic rings. The maximum absolute atomic E-state index is 10.8. The molecule has 2 aromatic heterocycles. The van der Waals surface area contributed by atoms with Crippen molar-refractivity contribution in [3.63, 3.8) is 0 Å². The maximum atomic E-state index is 10.8. The molecule has 0 saturated carbocycles. The Balaban J connectivity index is 1.98. The quantitative estimate of drug-likeness (QED) is 0.658. The molecular weight excluding hydrogens is 286 g/mol. The van der Waals surface area contributed by atoms with Gasteiger partial charge in [0.2, 0.25) is 0 Å². The summed E-state index contributed by atoms with van der Waals surface area (Å²) >= 11 is 1.67. The van der Waals surface area contributed by atoms with Crippen molar-refractivity contribution < 1.29 is 10.0 Å². The van der Waals surface area contributed by atoms with Gasteiger partial charge in [0.1, 0.15) is 0 Å². The van der Waals surface area contributed by atoms with Crippen LogP contribution in [0.25, 0.3) is 6.08 Å². The molecule has 2 rings (SSSR count). The van der Waals surface area contributed by atoms with Crippen LogP contribution in [-0.4, -0.2) is 27.3 Å². The van der Waals surface area contributed by atoms with Crippen molar-refractivity contribution in [2.75, 3.05) is 0 Å². The molecule has 0 saturated heterocycles. The van der Waals surface area contributed by atoms with Gasteiger partial charge in [0.15, 0.2) is 0 Å². The fourth-order valence-electron chi connectivity index (χ4n) is 1.80. The largest absolute Gasteiger partial charge is 0.350 e. The average Bonchev–Trinajstić information content (AvgIpc) is 2.92. The van der Waals surface area contributed by atoms with E-state index < -0.39 is 12.1 Å². The number of carbonyl (C=O) groups is 1. The molecule has 1 atom stereocenters. The molecule has 0 aliphatic carbocycles. The van der Waals surface area contributed by atoms with Crippen LogP contribution in [0, 0.1) is 0 Å². The Hall–Kier alpha value is -2.18. The molecule has 6 heteroatoms. The number of pyridine rings is 1. The van der Waals surface area contributed by atoms with Gasteiger partial charge in [-0.05, 0) is 42.8 Å². The number of urea groups is 1. The van der Waals surface area contributed by atoms with Gasteiger partial charge in [-0.25, -0.2) is 4.79 Å². The zero-order chi connectivity index (χ0) is 15.2. The third kappa shape index (κ3) is 4.40. The first kappa shape index (κ1) is 15.2. The molecule has 5 nitrogen and oxygen atoms in total. The molecule has 0 aromatic carbocycles. The summed E-state index contributed by atoms with van der Waals surface area (Å²) in [7, 11) is 0. The highest BCUT2D eigenvalue weighted by Crippen LogP contribution is 2.21. The molecule has 110 valence electrons. The van der Waals surface area contributed by atoms with Crippen LogP contribution in [0.4, 0.5) is 4.79 Å². The summed E-state index contributed by atoms with van der Waals surface area (Å²) in [6.45, 7) is 1.69. The predicted molar refractivity (Wildman–Crippen MR) is 83.1 cm³/mol. The molecule has 0 aliphatic rings. The van der Waals surface area contributed by atoms with Gasteiger partial charge in [-0.3, -0.25) is 10.2 Å². The van der Waals surface area contributed by atoms with Crippen molar-refractivity contribution in [2.24, 2.45) is 5.73 Å². The molecule has 0 spiro atoms. The smallest absolute Gasteiger partial charge is 0.339 e. The topological polar surface area (TPSA) is 79.4 Å². The minimum Gasteiger partial charge on any atom is -0.350 e. The zero-order valence-corrected chi connectivity index (χ0v) is 12.5. The summed E-state index contributed by atoms with van der Waals surface area (Å²) in [5, 5.41) is 9.88. The summed E-state index contributed by atoms with van der Waals surface area (Å²) in [6.07, 6.45) is 8.03. The van der Waals surface area contributed by atoms with E-state index in [0.717, 1.165) is 11.3 Å². The molecule has 2 amide bonds. The number of hydrogen-bond donors (Lipinski definition) is 2. The Morgan fingerprint density at radius 1 is 1.43 bits per heavy atom. The molecule has 0 bridgehead atoms. The van der Waals surface area contributed by atoms with Crippen molar-refractivity contribution in [1.29, 1.82) is 0 Å². The normalized spacial score (nSPS) is 12.5. The van der Waals surface area contributed by atoms with Gasteiger partial charge in [-0.2, -0.15) is 5.06 Å². The van der Waals surface area contributed by atoms with Gasteiger partial charge in [0.25, 0.3) is 0 Å². The van der Waals surface area contributed by atoms with E-state index in [9.17, 15) is 10.0 Å². The molecule has 0 unspecified atom stereocenters. The van der Waals surface area contributed by atoms with Crippen LogP contribution < -0.4 is 5.73 Å². The van der Waals surface area contributed by atoms with Gasteiger partial charge in [-0.1, -0.05) is 6.08 Å². The zero-order valence-electron chi connectivity index (χ0n) is 11.6. The second kappa shape index (κ2) is 7.01. The fourth-order valence-corrected chi connectivity index (χ4v) is 2.76. The summed E-state index contributed by atoms with van der Waals surface area (Å²) < 4.78 is 0. The molecule has 2 heterocycles. The number of amides is 2. The lowest BCUT2D eigenvalue weighted by atomic mass is 10.2. The number of nitrogens with zero attached hydrogens (tertiary/aromatic N) is 2. The van der Waals surface area contributed by atoms with Crippen molar-refractivity contribution in [2.45, 2.75) is 19.4 Å². The lowest BCUT2D eigenvalue weighted by molar-refractivity contribution is -0.0560. The van der Waals surface area contributed by atoms with E-state index in [1.54, 1.807) is 36.7 Å². The number of hydroxylamine groups is 2. The Morgan fingerprint density at radius 2 is 2.14 bits per heavy atom. The minimum atomic E-state index is -0.864. The van der Waals surface area contributed by atoms with Gasteiger partial charge in [0, 0.05) is 28.6 Å². The van der Waals surface area contributed by atoms with Crippen molar-refractivity contribution >= 4 is 23.4 Å². The van der Waals surface area contributed by atoms with Gasteiger partial charge in [0.05, 0.1) is 6.04 Å². The van der Waals surface area contributed by atoms with Crippen LogP contribution in [0.15, 0.2) is 42.7 Å². The van der Waals surface area contributed by atoms with Crippen LogP contribution >= 0.6 is 11.3 Å². The van der Waals surface area contributed by atoms with Gasteiger partial charge < -0.3 is 5.73 Å². The molecule has 0 fully saturated rings. The highest BCUT2D eigenvalue weighted by molar-refractivity contribution is 7.12. The SMILES string of the molecule is C[C@H](C=Cc1ccc(Cc2ccncc2)s1)N(O)C(N)=O. The Bertz CT molecular complexity index is 625. The predicted octanol–water partition coefficient (Wildman–Crippen LogP) is 2.91. The fraction of sp³-hybridized carbons (Fsp3) is 0.200. The van der Waals surface area contributed by atoms with E-state index in [1.807, 2.05) is 24.3 Å². The van der Waals surface area contributed by atoms with Crippen LogP contribution in [0.3, 0.4) is 0 Å². The number of carbonyl (C=O) groups excluding carboxylic acids is 1. The lowest BCUT2D eigenvalue weighted by Crippen LogP contribution is -2.38. The maximum Gasteiger partial charge on any atom is 0.339 e. The van der Waals surface area contributed by atoms with E-state index in [0.29, 0.717) is 5.06 Å². The molecule has 3 N–H and O–H groups in total. The van der Waals surface area contributed by atoms with E-state index in [-0.39, 0.29) is 0 Å². The second-order valence-electron chi connectivity index (χ2n) is 4.62. The first-order valence-corrected chi connectivity index (χ1v) is 7.31. The highest BCUT2D eigenvalue weighted by atomic mass is 32.1. The molecule has 21 heavy (non-hydrogen) atoms. The van der Waals surface area contributed by atoms with Crippen LogP contribution in [0.5, 0.6) is 0 Å². The number of aromatic nitrogens is 1. The summed E-state index contributed by atoms with van der Waals surface area (Å²) in [5.41, 5.74) is 6.21. The van der Waals surface area contributed by atoms with Crippen LogP contribution in [0.1, 0.15) is 22.2 Å².